The van der Waals surface area contributed by atoms with Crippen molar-refractivity contribution in [3.8, 4) is 0 Å². The van der Waals surface area contributed by atoms with Gasteiger partial charge in [0.15, 0.2) is 0 Å². The minimum absolute atomic E-state index is 0.0775. The Balaban J connectivity index is 1.32. The lowest BCUT2D eigenvalue weighted by molar-refractivity contribution is 0.948. The van der Waals surface area contributed by atoms with Crippen molar-refractivity contribution in [1.29, 1.82) is 0 Å². The molecule has 0 heterocycles. The van der Waals surface area contributed by atoms with Crippen LogP contribution in [0.3, 0.4) is 0 Å². The van der Waals surface area contributed by atoms with Crippen molar-refractivity contribution in [2.24, 2.45) is 0 Å². The molecule has 0 spiro atoms. The molecule has 0 aliphatic heterocycles. The molecule has 0 aliphatic rings. The van der Waals surface area contributed by atoms with Crippen LogP contribution in [0.4, 0.5) is 34.1 Å². The lowest BCUT2D eigenvalue weighted by Crippen LogP contribution is -2.13. The molecule has 7 aromatic carbocycles. The number of benzene rings is 7. The van der Waals surface area contributed by atoms with Crippen molar-refractivity contribution in [3.63, 3.8) is 0 Å². The van der Waals surface area contributed by atoms with Crippen molar-refractivity contribution in [3.05, 3.63) is 214 Å². The van der Waals surface area contributed by atoms with E-state index in [0.717, 1.165) is 34.1 Å². The summed E-state index contributed by atoms with van der Waals surface area (Å²) in [5, 5.41) is 0. The van der Waals surface area contributed by atoms with E-state index in [-0.39, 0.29) is 5.92 Å². The number of hydrogen-bond donors (Lipinski definition) is 0. The van der Waals surface area contributed by atoms with Crippen molar-refractivity contribution in [2.45, 2.75) is 47.5 Å². The van der Waals surface area contributed by atoms with Gasteiger partial charge in [0.25, 0.3) is 0 Å². The van der Waals surface area contributed by atoms with Crippen molar-refractivity contribution in [1.82, 2.24) is 0 Å². The third-order valence-electron chi connectivity index (χ3n) is 9.95. The van der Waals surface area contributed by atoms with E-state index in [4.69, 9.17) is 0 Å². The lowest BCUT2D eigenvalue weighted by atomic mass is 9.81. The molecule has 0 saturated carbocycles. The minimum atomic E-state index is 0.0775. The van der Waals surface area contributed by atoms with Gasteiger partial charge in [0.2, 0.25) is 0 Å². The van der Waals surface area contributed by atoms with Crippen LogP contribution in [0.25, 0.3) is 0 Å². The van der Waals surface area contributed by atoms with Gasteiger partial charge in [-0.05, 0) is 142 Å². The standard InChI is InChI=1S/C49H46N2/c1-34-12-20-41(21-13-34)50(42-22-14-35(2)15-23-42)45-28-30-47(38(5)32-45)49(40-10-8-7-9-11-40)48-31-29-46(33-39(48)6)51(43-24-16-36(3)17-25-43)44-26-18-37(4)19-27-44/h7-33,49H,1-6H3. The number of nitrogens with zero attached hydrogens (tertiary/aromatic N) is 2. The van der Waals surface area contributed by atoms with E-state index < -0.39 is 0 Å². The Kier molecular flexibility index (Phi) is 9.59. The van der Waals surface area contributed by atoms with Gasteiger partial charge in [0.1, 0.15) is 0 Å². The molecule has 0 aliphatic carbocycles. The molecule has 0 bridgehead atoms. The largest absolute Gasteiger partial charge is 0.310 e. The van der Waals surface area contributed by atoms with E-state index in [2.05, 4.69) is 215 Å². The summed E-state index contributed by atoms with van der Waals surface area (Å²) in [6.07, 6.45) is 0. The quantitative estimate of drug-likeness (QED) is 0.142. The molecule has 252 valence electrons. The van der Waals surface area contributed by atoms with E-state index in [1.807, 2.05) is 0 Å². The van der Waals surface area contributed by atoms with Crippen LogP contribution in [0, 0.1) is 41.5 Å². The van der Waals surface area contributed by atoms with Crippen molar-refractivity contribution >= 4 is 34.1 Å². The molecule has 51 heavy (non-hydrogen) atoms. The molecule has 0 amide bonds. The molecular weight excluding hydrogens is 617 g/mol. The molecule has 0 aromatic heterocycles. The summed E-state index contributed by atoms with van der Waals surface area (Å²) < 4.78 is 0. The number of aryl methyl sites for hydroxylation is 6. The first kappa shape index (κ1) is 33.6. The molecule has 0 N–H and O–H groups in total. The third-order valence-corrected chi connectivity index (χ3v) is 9.95. The second kappa shape index (κ2) is 14.5. The van der Waals surface area contributed by atoms with Gasteiger partial charge in [-0.1, -0.05) is 113 Å². The Morgan fingerprint density at radius 2 is 0.608 bits per heavy atom. The average molecular weight is 663 g/mol. The fourth-order valence-electron chi connectivity index (χ4n) is 7.09. The topological polar surface area (TPSA) is 6.48 Å². The minimum Gasteiger partial charge on any atom is -0.310 e. The Morgan fingerprint density at radius 3 is 0.902 bits per heavy atom. The van der Waals surface area contributed by atoms with E-state index in [9.17, 15) is 0 Å². The van der Waals surface area contributed by atoms with Crippen LogP contribution < -0.4 is 9.80 Å². The summed E-state index contributed by atoms with van der Waals surface area (Å²) in [6, 6.07) is 60.1. The fraction of sp³-hybridized carbons (Fsp3) is 0.143. The predicted octanol–water partition coefficient (Wildman–Crippen LogP) is 13.7. The van der Waals surface area contributed by atoms with Gasteiger partial charge in [-0.2, -0.15) is 0 Å². The van der Waals surface area contributed by atoms with Gasteiger partial charge in [-0.25, -0.2) is 0 Å². The van der Waals surface area contributed by atoms with Crippen LogP contribution in [0.15, 0.2) is 164 Å². The highest BCUT2D eigenvalue weighted by Crippen LogP contribution is 2.42. The van der Waals surface area contributed by atoms with Crippen LogP contribution in [0.2, 0.25) is 0 Å². The summed E-state index contributed by atoms with van der Waals surface area (Å²) in [7, 11) is 0. The Labute approximate surface area is 304 Å². The molecule has 0 saturated heterocycles. The molecule has 2 heteroatoms. The van der Waals surface area contributed by atoms with Crippen LogP contribution in [0.5, 0.6) is 0 Å². The smallest absolute Gasteiger partial charge is 0.0464 e. The van der Waals surface area contributed by atoms with E-state index >= 15 is 0 Å². The number of rotatable bonds is 9. The lowest BCUT2D eigenvalue weighted by Gasteiger charge is -2.29. The molecule has 0 fully saturated rings. The Morgan fingerprint density at radius 1 is 0.314 bits per heavy atom. The van der Waals surface area contributed by atoms with Crippen LogP contribution in [0.1, 0.15) is 56.0 Å². The molecule has 0 unspecified atom stereocenters. The second-order valence-electron chi connectivity index (χ2n) is 13.9. The van der Waals surface area contributed by atoms with Crippen LogP contribution in [-0.4, -0.2) is 0 Å². The van der Waals surface area contributed by atoms with Gasteiger partial charge in [0, 0.05) is 40.0 Å². The van der Waals surface area contributed by atoms with Crippen LogP contribution >= 0.6 is 0 Å². The first-order valence-electron chi connectivity index (χ1n) is 17.9. The molecule has 7 rings (SSSR count). The zero-order chi connectivity index (χ0) is 35.5. The zero-order valence-electron chi connectivity index (χ0n) is 30.6. The SMILES string of the molecule is Cc1ccc(N(c2ccc(C)cc2)c2ccc(C(c3ccccc3)c3ccc(N(c4ccc(C)cc4)c4ccc(C)cc4)cc3C)c(C)c2)cc1. The highest BCUT2D eigenvalue weighted by atomic mass is 15.1. The van der Waals surface area contributed by atoms with E-state index in [1.54, 1.807) is 0 Å². The highest BCUT2D eigenvalue weighted by Gasteiger charge is 2.23. The molecule has 2 nitrogen and oxygen atoms in total. The maximum absolute atomic E-state index is 2.36. The highest BCUT2D eigenvalue weighted by molar-refractivity contribution is 5.79. The van der Waals surface area contributed by atoms with E-state index in [0.29, 0.717) is 0 Å². The van der Waals surface area contributed by atoms with Gasteiger partial charge in [-0.15, -0.1) is 0 Å². The normalized spacial score (nSPS) is 11.1. The maximum Gasteiger partial charge on any atom is 0.0464 e. The Hall–Kier alpha value is -5.86. The van der Waals surface area contributed by atoms with Crippen LogP contribution in [-0.2, 0) is 0 Å². The second-order valence-corrected chi connectivity index (χ2v) is 13.9. The molecule has 0 radical (unpaired) electrons. The third kappa shape index (κ3) is 7.23. The summed E-state index contributed by atoms with van der Waals surface area (Å²) in [4.78, 5) is 4.72. The summed E-state index contributed by atoms with van der Waals surface area (Å²) >= 11 is 0. The molecular formula is C49H46N2. The number of anilines is 6. The first-order chi connectivity index (χ1) is 24.7. The van der Waals surface area contributed by atoms with Crippen molar-refractivity contribution < 1.29 is 0 Å². The van der Waals surface area contributed by atoms with Gasteiger partial charge >= 0.3 is 0 Å². The Bertz CT molecular complexity index is 2000. The molecule has 7 aromatic rings. The summed E-state index contributed by atoms with van der Waals surface area (Å²) in [6.45, 7) is 13.1. The predicted molar refractivity (Wildman–Crippen MR) is 218 cm³/mol. The van der Waals surface area contributed by atoms with Gasteiger partial charge < -0.3 is 9.80 Å². The first-order valence-corrected chi connectivity index (χ1v) is 17.9. The fourth-order valence-corrected chi connectivity index (χ4v) is 7.09. The summed E-state index contributed by atoms with van der Waals surface area (Å²) in [5.41, 5.74) is 18.3. The van der Waals surface area contributed by atoms with Crippen molar-refractivity contribution in [2.75, 3.05) is 9.80 Å². The van der Waals surface area contributed by atoms with Gasteiger partial charge in [0.05, 0.1) is 0 Å². The summed E-state index contributed by atoms with van der Waals surface area (Å²) in [5.74, 6) is 0.0775. The maximum atomic E-state index is 2.36. The zero-order valence-corrected chi connectivity index (χ0v) is 30.6. The average Bonchev–Trinajstić information content (AvgIpc) is 3.14. The van der Waals surface area contributed by atoms with Gasteiger partial charge in [-0.3, -0.25) is 0 Å². The molecule has 0 atom stereocenters. The van der Waals surface area contributed by atoms with E-state index in [1.165, 1.54) is 50.1 Å². The number of hydrogen-bond acceptors (Lipinski definition) is 2. The monoisotopic (exact) mass is 662 g/mol.